The molecule has 0 saturated carbocycles. The van der Waals surface area contributed by atoms with Crippen molar-refractivity contribution >= 4 is 11.9 Å². The molecule has 0 bridgehead atoms. The maximum absolute atomic E-state index is 12.3. The molecule has 1 rings (SSSR count). The van der Waals surface area contributed by atoms with E-state index in [9.17, 15) is 9.59 Å². The van der Waals surface area contributed by atoms with Crippen LogP contribution in [0.25, 0.3) is 0 Å². The fraction of sp³-hybridized carbons (Fsp3) is 0.529. The number of amides is 1. The molecule has 0 aliphatic carbocycles. The molecule has 1 amide bonds. The largest absolute Gasteiger partial charge is 0.467 e. The highest BCUT2D eigenvalue weighted by molar-refractivity contribution is 5.86. The molecule has 1 N–H and O–H groups in total. The Labute approximate surface area is 132 Å². The van der Waals surface area contributed by atoms with E-state index < -0.39 is 18.1 Å². The van der Waals surface area contributed by atoms with Crippen LogP contribution in [-0.2, 0) is 25.7 Å². The first-order valence-electron chi connectivity index (χ1n) is 7.47. The van der Waals surface area contributed by atoms with Gasteiger partial charge < -0.3 is 14.8 Å². The molecule has 2 atom stereocenters. The fourth-order valence-electron chi connectivity index (χ4n) is 1.99. The maximum Gasteiger partial charge on any atom is 0.328 e. The van der Waals surface area contributed by atoms with E-state index in [0.717, 1.165) is 5.56 Å². The van der Waals surface area contributed by atoms with Gasteiger partial charge in [0.25, 0.3) is 0 Å². The molecule has 1 aromatic rings. The topological polar surface area (TPSA) is 64.6 Å². The Morgan fingerprint density at radius 1 is 1.14 bits per heavy atom. The van der Waals surface area contributed by atoms with Crippen LogP contribution in [0.2, 0.25) is 0 Å². The summed E-state index contributed by atoms with van der Waals surface area (Å²) < 4.78 is 10.4. The highest BCUT2D eigenvalue weighted by Crippen LogP contribution is 2.12. The van der Waals surface area contributed by atoms with Crippen molar-refractivity contribution in [1.82, 2.24) is 5.32 Å². The molecule has 0 aliphatic heterocycles. The first-order chi connectivity index (χ1) is 10.4. The average molecular weight is 307 g/mol. The summed E-state index contributed by atoms with van der Waals surface area (Å²) in [4.78, 5) is 23.7. The smallest absolute Gasteiger partial charge is 0.328 e. The van der Waals surface area contributed by atoms with Gasteiger partial charge in [-0.25, -0.2) is 4.79 Å². The lowest BCUT2D eigenvalue weighted by molar-refractivity contribution is -0.147. The SMILES string of the molecule is COC(=O)[C@H](C)NC(=O)[C@H](CC(C)C)OCc1ccccc1. The van der Waals surface area contributed by atoms with Crippen molar-refractivity contribution in [2.75, 3.05) is 7.11 Å². The molecular formula is C17H25NO4. The second kappa shape index (κ2) is 9.20. The summed E-state index contributed by atoms with van der Waals surface area (Å²) in [6.07, 6.45) is -0.000611. The zero-order valence-corrected chi connectivity index (χ0v) is 13.7. The molecule has 5 heteroatoms. The highest BCUT2D eigenvalue weighted by Gasteiger charge is 2.24. The second-order valence-corrected chi connectivity index (χ2v) is 5.67. The zero-order valence-electron chi connectivity index (χ0n) is 13.7. The molecule has 0 aliphatic rings. The number of rotatable bonds is 8. The van der Waals surface area contributed by atoms with Crippen LogP contribution in [0, 0.1) is 5.92 Å². The van der Waals surface area contributed by atoms with Crippen molar-refractivity contribution < 1.29 is 19.1 Å². The maximum atomic E-state index is 12.3. The summed E-state index contributed by atoms with van der Waals surface area (Å²) in [6.45, 7) is 6.00. The van der Waals surface area contributed by atoms with Crippen LogP contribution in [0.1, 0.15) is 32.8 Å². The van der Waals surface area contributed by atoms with Crippen LogP contribution in [0.5, 0.6) is 0 Å². The lowest BCUT2D eigenvalue weighted by atomic mass is 10.0. The molecule has 0 spiro atoms. The molecule has 0 fully saturated rings. The number of hydrogen-bond acceptors (Lipinski definition) is 4. The van der Waals surface area contributed by atoms with E-state index in [1.165, 1.54) is 7.11 Å². The van der Waals surface area contributed by atoms with Gasteiger partial charge in [0, 0.05) is 0 Å². The molecule has 1 aromatic carbocycles. The van der Waals surface area contributed by atoms with Crippen LogP contribution >= 0.6 is 0 Å². The number of esters is 1. The third-order valence-electron chi connectivity index (χ3n) is 3.19. The third-order valence-corrected chi connectivity index (χ3v) is 3.19. The van der Waals surface area contributed by atoms with Gasteiger partial charge in [-0.2, -0.15) is 0 Å². The molecule has 22 heavy (non-hydrogen) atoms. The van der Waals surface area contributed by atoms with Gasteiger partial charge in [0.15, 0.2) is 0 Å². The minimum atomic E-state index is -0.688. The molecule has 5 nitrogen and oxygen atoms in total. The van der Waals surface area contributed by atoms with Gasteiger partial charge >= 0.3 is 5.97 Å². The quantitative estimate of drug-likeness (QED) is 0.748. The van der Waals surface area contributed by atoms with Gasteiger partial charge in [-0.1, -0.05) is 44.2 Å². The van der Waals surface area contributed by atoms with E-state index in [0.29, 0.717) is 18.9 Å². The van der Waals surface area contributed by atoms with Gasteiger partial charge in [0.05, 0.1) is 13.7 Å². The summed E-state index contributed by atoms with van der Waals surface area (Å²) in [5, 5.41) is 2.63. The van der Waals surface area contributed by atoms with E-state index in [2.05, 4.69) is 10.1 Å². The monoisotopic (exact) mass is 307 g/mol. The first-order valence-corrected chi connectivity index (χ1v) is 7.47. The summed E-state index contributed by atoms with van der Waals surface area (Å²) >= 11 is 0. The van der Waals surface area contributed by atoms with Gasteiger partial charge in [0.2, 0.25) is 5.91 Å². The number of carbonyl (C=O) groups is 2. The predicted molar refractivity (Wildman–Crippen MR) is 84.1 cm³/mol. The van der Waals surface area contributed by atoms with Crippen LogP contribution in [0.4, 0.5) is 0 Å². The fourth-order valence-corrected chi connectivity index (χ4v) is 1.99. The van der Waals surface area contributed by atoms with E-state index in [4.69, 9.17) is 4.74 Å². The second-order valence-electron chi connectivity index (χ2n) is 5.67. The predicted octanol–water partition coefficient (Wildman–Crippen LogP) is 2.30. The molecule has 122 valence electrons. The summed E-state index contributed by atoms with van der Waals surface area (Å²) in [6, 6.07) is 8.99. The minimum absolute atomic E-state index is 0.289. The normalized spacial score (nSPS) is 13.5. The van der Waals surface area contributed by atoms with Crippen molar-refractivity contribution in [2.24, 2.45) is 5.92 Å². The van der Waals surface area contributed by atoms with Gasteiger partial charge in [-0.05, 0) is 24.8 Å². The summed E-state index contributed by atoms with van der Waals surface area (Å²) in [5.41, 5.74) is 1.00. The van der Waals surface area contributed by atoms with E-state index in [-0.39, 0.29) is 5.91 Å². The van der Waals surface area contributed by atoms with E-state index in [1.54, 1.807) is 6.92 Å². The van der Waals surface area contributed by atoms with E-state index >= 15 is 0 Å². The highest BCUT2D eigenvalue weighted by atomic mass is 16.5. The van der Waals surface area contributed by atoms with Crippen LogP contribution in [-0.4, -0.2) is 31.1 Å². The standard InChI is InChI=1S/C17H25NO4/c1-12(2)10-15(16(19)18-13(3)17(20)21-4)22-11-14-8-6-5-7-9-14/h5-9,12-13,15H,10-11H2,1-4H3,(H,18,19)/t13-,15-/m0/s1. The van der Waals surface area contributed by atoms with Crippen molar-refractivity contribution in [3.05, 3.63) is 35.9 Å². The van der Waals surface area contributed by atoms with Gasteiger partial charge in [-0.3, -0.25) is 4.79 Å². The summed E-state index contributed by atoms with van der Waals surface area (Å²) in [7, 11) is 1.29. The van der Waals surface area contributed by atoms with Crippen molar-refractivity contribution in [3.8, 4) is 0 Å². The van der Waals surface area contributed by atoms with E-state index in [1.807, 2.05) is 44.2 Å². The number of ether oxygens (including phenoxy) is 2. The van der Waals surface area contributed by atoms with Gasteiger partial charge in [-0.15, -0.1) is 0 Å². The van der Waals surface area contributed by atoms with Crippen LogP contribution < -0.4 is 5.32 Å². The molecule has 0 unspecified atom stereocenters. The Hall–Kier alpha value is -1.88. The molecule has 0 saturated heterocycles. The molecule has 0 radical (unpaired) electrons. The number of carbonyl (C=O) groups excluding carboxylic acids is 2. The first kappa shape index (κ1) is 18.2. The number of nitrogens with one attached hydrogen (secondary N) is 1. The molecule has 0 aromatic heterocycles. The number of hydrogen-bond donors (Lipinski definition) is 1. The third kappa shape index (κ3) is 6.26. The van der Waals surface area contributed by atoms with Crippen molar-refractivity contribution in [1.29, 1.82) is 0 Å². The Kier molecular flexibility index (Phi) is 7.60. The molecule has 0 heterocycles. The van der Waals surface area contributed by atoms with Gasteiger partial charge in [0.1, 0.15) is 12.1 Å². The Morgan fingerprint density at radius 3 is 2.32 bits per heavy atom. The minimum Gasteiger partial charge on any atom is -0.467 e. The lowest BCUT2D eigenvalue weighted by Crippen LogP contribution is -2.45. The average Bonchev–Trinajstić information content (AvgIpc) is 2.51. The Balaban J connectivity index is 2.62. The van der Waals surface area contributed by atoms with Crippen LogP contribution in [0.15, 0.2) is 30.3 Å². The number of methoxy groups -OCH3 is 1. The Morgan fingerprint density at radius 2 is 1.77 bits per heavy atom. The Bertz CT molecular complexity index is 473. The van der Waals surface area contributed by atoms with Crippen molar-refractivity contribution in [3.63, 3.8) is 0 Å². The number of benzene rings is 1. The molecular weight excluding hydrogens is 282 g/mol. The summed E-state index contributed by atoms with van der Waals surface area (Å²) in [5.74, 6) is -0.456. The zero-order chi connectivity index (χ0) is 16.5. The van der Waals surface area contributed by atoms with Crippen LogP contribution in [0.3, 0.4) is 0 Å². The van der Waals surface area contributed by atoms with Crippen molar-refractivity contribution in [2.45, 2.75) is 45.9 Å². The lowest BCUT2D eigenvalue weighted by Gasteiger charge is -2.21.